The van der Waals surface area contributed by atoms with E-state index in [9.17, 15) is 13.2 Å². The zero-order valence-electron chi connectivity index (χ0n) is 17.9. The molecular weight excluding hydrogens is 416 g/mol. The van der Waals surface area contributed by atoms with Crippen molar-refractivity contribution in [1.29, 1.82) is 0 Å². The van der Waals surface area contributed by atoms with Gasteiger partial charge in [-0.05, 0) is 61.6 Å². The van der Waals surface area contributed by atoms with E-state index in [1.54, 1.807) is 30.3 Å². The molecule has 0 spiro atoms. The first kappa shape index (κ1) is 21.5. The lowest BCUT2D eigenvalue weighted by Crippen LogP contribution is -2.45. The number of nitrogens with one attached hydrogen (secondary N) is 1. The highest BCUT2D eigenvalue weighted by atomic mass is 32.2. The Morgan fingerprint density at radius 2 is 2.00 bits per heavy atom. The van der Waals surface area contributed by atoms with Crippen LogP contribution in [0.5, 0.6) is 11.5 Å². The number of carbonyl (C=O) groups excluding carboxylic acids is 1. The minimum atomic E-state index is -3.91. The van der Waals surface area contributed by atoms with Crippen LogP contribution in [0.2, 0.25) is 0 Å². The third kappa shape index (κ3) is 4.35. The van der Waals surface area contributed by atoms with E-state index in [0.717, 1.165) is 37.8 Å². The number of methoxy groups -OCH3 is 1. The first-order chi connectivity index (χ1) is 14.9. The fraction of sp³-hybridized carbons (Fsp3) is 0.435. The summed E-state index contributed by atoms with van der Waals surface area (Å²) in [6.45, 7) is 3.22. The summed E-state index contributed by atoms with van der Waals surface area (Å²) in [6, 6.07) is 10.1. The highest BCUT2D eigenvalue weighted by Gasteiger charge is 2.31. The van der Waals surface area contributed by atoms with Gasteiger partial charge in [-0.1, -0.05) is 13.0 Å². The number of ether oxygens (including phenoxy) is 2. The third-order valence-electron chi connectivity index (χ3n) is 5.98. The quantitative estimate of drug-likeness (QED) is 0.758. The van der Waals surface area contributed by atoms with Gasteiger partial charge >= 0.3 is 0 Å². The molecule has 0 saturated carbocycles. The van der Waals surface area contributed by atoms with Gasteiger partial charge < -0.3 is 14.4 Å². The van der Waals surface area contributed by atoms with Crippen LogP contribution in [0.25, 0.3) is 0 Å². The van der Waals surface area contributed by atoms with Crippen LogP contribution in [0.1, 0.15) is 48.5 Å². The lowest BCUT2D eigenvalue weighted by molar-refractivity contribution is 0.0548. The van der Waals surface area contributed by atoms with Gasteiger partial charge in [0.1, 0.15) is 16.4 Å². The molecule has 1 atom stereocenters. The van der Waals surface area contributed by atoms with Crippen molar-refractivity contribution in [3.8, 4) is 11.5 Å². The maximum absolute atomic E-state index is 13.2. The number of nitrogens with zero attached hydrogens (tertiary/aromatic N) is 1. The van der Waals surface area contributed by atoms with Crippen molar-refractivity contribution in [2.75, 3.05) is 25.0 Å². The van der Waals surface area contributed by atoms with Crippen LogP contribution in [0.3, 0.4) is 0 Å². The first-order valence-electron chi connectivity index (χ1n) is 10.7. The number of benzene rings is 2. The molecule has 1 saturated heterocycles. The number of piperidine rings is 1. The molecule has 1 fully saturated rings. The molecule has 2 aromatic carbocycles. The van der Waals surface area contributed by atoms with Crippen molar-refractivity contribution in [2.24, 2.45) is 0 Å². The Morgan fingerprint density at radius 3 is 2.77 bits per heavy atom. The normalized spacial score (nSPS) is 18.8. The van der Waals surface area contributed by atoms with Crippen LogP contribution in [0, 0.1) is 0 Å². The summed E-state index contributed by atoms with van der Waals surface area (Å²) < 4.78 is 40.0. The average Bonchev–Trinajstić information content (AvgIpc) is 2.78. The number of fused-ring (bicyclic) bond motifs is 2. The Balaban J connectivity index is 1.67. The molecule has 1 unspecified atom stereocenters. The summed E-state index contributed by atoms with van der Waals surface area (Å²) in [6.07, 6.45) is 4.59. The van der Waals surface area contributed by atoms with E-state index in [-0.39, 0.29) is 22.6 Å². The number of carbonyl (C=O) groups is 1. The zero-order chi connectivity index (χ0) is 22.0. The molecule has 0 radical (unpaired) electrons. The summed E-state index contributed by atoms with van der Waals surface area (Å²) in [5.41, 5.74) is 1.59. The van der Waals surface area contributed by atoms with Crippen molar-refractivity contribution < 1.29 is 22.7 Å². The summed E-state index contributed by atoms with van der Waals surface area (Å²) in [5, 5.41) is 0. The van der Waals surface area contributed by atoms with Gasteiger partial charge in [0.2, 0.25) is 0 Å². The topological polar surface area (TPSA) is 84.9 Å². The van der Waals surface area contributed by atoms with E-state index in [2.05, 4.69) is 4.72 Å². The van der Waals surface area contributed by atoms with Crippen LogP contribution >= 0.6 is 0 Å². The van der Waals surface area contributed by atoms with Crippen LogP contribution < -0.4 is 14.2 Å². The molecule has 8 heteroatoms. The lowest BCUT2D eigenvalue weighted by atomic mass is 9.97. The van der Waals surface area contributed by atoms with Gasteiger partial charge in [0.15, 0.2) is 0 Å². The molecule has 1 N–H and O–H groups in total. The predicted molar refractivity (Wildman–Crippen MR) is 118 cm³/mol. The summed E-state index contributed by atoms with van der Waals surface area (Å²) >= 11 is 0. The molecule has 2 heterocycles. The molecular formula is C23H28N2O5S. The maximum atomic E-state index is 13.2. The standard InChI is InChI=1S/C23H28N2O5S/c1-3-16-7-9-21(29-2)22(14-16)31(27,28)24-17-8-10-20-19(15-17)23(26)25-12-5-4-6-18(25)11-13-30-20/h7-10,14-15,18,24H,3-6,11-13H2,1-2H3. The number of rotatable bonds is 5. The number of hydrogen-bond acceptors (Lipinski definition) is 5. The summed E-state index contributed by atoms with van der Waals surface area (Å²) in [7, 11) is -2.47. The van der Waals surface area contributed by atoms with Gasteiger partial charge in [0, 0.05) is 24.7 Å². The molecule has 7 nitrogen and oxygen atoms in total. The first-order valence-corrected chi connectivity index (χ1v) is 12.2. The Labute approximate surface area is 183 Å². The van der Waals surface area contributed by atoms with Crippen molar-refractivity contribution >= 4 is 21.6 Å². The molecule has 2 aromatic rings. The molecule has 0 bridgehead atoms. The third-order valence-corrected chi connectivity index (χ3v) is 7.39. The monoisotopic (exact) mass is 444 g/mol. The second kappa shape index (κ2) is 8.78. The maximum Gasteiger partial charge on any atom is 0.265 e. The van der Waals surface area contributed by atoms with Crippen LogP contribution in [-0.4, -0.2) is 45.5 Å². The fourth-order valence-corrected chi connectivity index (χ4v) is 5.55. The second-order valence-electron chi connectivity index (χ2n) is 7.94. The molecule has 0 aromatic heterocycles. The van der Waals surface area contributed by atoms with E-state index in [0.29, 0.717) is 30.0 Å². The number of aryl methyl sites for hydroxylation is 1. The molecule has 31 heavy (non-hydrogen) atoms. The van der Waals surface area contributed by atoms with E-state index < -0.39 is 10.0 Å². The van der Waals surface area contributed by atoms with Gasteiger partial charge in [-0.2, -0.15) is 0 Å². The largest absolute Gasteiger partial charge is 0.495 e. The van der Waals surface area contributed by atoms with Crippen molar-refractivity contribution in [1.82, 2.24) is 4.90 Å². The van der Waals surface area contributed by atoms with Gasteiger partial charge in [0.25, 0.3) is 15.9 Å². The minimum absolute atomic E-state index is 0.0692. The van der Waals surface area contributed by atoms with Gasteiger partial charge in [-0.25, -0.2) is 8.42 Å². The Bertz CT molecular complexity index is 1080. The van der Waals surface area contributed by atoms with Crippen LogP contribution in [-0.2, 0) is 16.4 Å². The fourth-order valence-electron chi connectivity index (χ4n) is 4.28. The predicted octanol–water partition coefficient (Wildman–Crippen LogP) is 3.84. The zero-order valence-corrected chi connectivity index (χ0v) is 18.7. The molecule has 1 amide bonds. The number of sulfonamides is 1. The summed E-state index contributed by atoms with van der Waals surface area (Å²) in [5.74, 6) is 0.653. The number of hydrogen-bond donors (Lipinski definition) is 1. The average molecular weight is 445 g/mol. The lowest BCUT2D eigenvalue weighted by Gasteiger charge is -2.37. The van der Waals surface area contributed by atoms with E-state index >= 15 is 0 Å². The highest BCUT2D eigenvalue weighted by Crippen LogP contribution is 2.32. The van der Waals surface area contributed by atoms with Gasteiger partial charge in [-0.3, -0.25) is 9.52 Å². The molecule has 166 valence electrons. The van der Waals surface area contributed by atoms with Gasteiger partial charge in [0.05, 0.1) is 19.3 Å². The molecule has 2 aliphatic rings. The Morgan fingerprint density at radius 1 is 1.16 bits per heavy atom. The smallest absolute Gasteiger partial charge is 0.265 e. The van der Waals surface area contributed by atoms with Crippen molar-refractivity contribution in [3.63, 3.8) is 0 Å². The minimum Gasteiger partial charge on any atom is -0.495 e. The van der Waals surface area contributed by atoms with E-state index in [1.165, 1.54) is 7.11 Å². The number of amides is 1. The Kier molecular flexibility index (Phi) is 6.09. The molecule has 0 aliphatic carbocycles. The van der Waals surface area contributed by atoms with E-state index in [4.69, 9.17) is 9.47 Å². The second-order valence-corrected chi connectivity index (χ2v) is 9.59. The van der Waals surface area contributed by atoms with E-state index in [1.807, 2.05) is 17.9 Å². The highest BCUT2D eigenvalue weighted by molar-refractivity contribution is 7.92. The number of anilines is 1. The summed E-state index contributed by atoms with van der Waals surface area (Å²) in [4.78, 5) is 15.2. The van der Waals surface area contributed by atoms with Crippen molar-refractivity contribution in [2.45, 2.75) is 50.0 Å². The van der Waals surface area contributed by atoms with Crippen molar-refractivity contribution in [3.05, 3.63) is 47.5 Å². The molecule has 2 aliphatic heterocycles. The van der Waals surface area contributed by atoms with Gasteiger partial charge in [-0.15, -0.1) is 0 Å². The van der Waals surface area contributed by atoms with Crippen LogP contribution in [0.15, 0.2) is 41.3 Å². The molecule has 4 rings (SSSR count). The van der Waals surface area contributed by atoms with Crippen LogP contribution in [0.4, 0.5) is 5.69 Å². The SMILES string of the molecule is CCc1ccc(OC)c(S(=O)(=O)Nc2ccc3c(c2)C(=O)N2CCCCC2CCO3)c1. The Hall–Kier alpha value is -2.74.